The average Bonchev–Trinajstić information content (AvgIpc) is 2.20. The number of carbonyl (C=O) groups is 1. The fourth-order valence-electron chi connectivity index (χ4n) is 1.25. The third-order valence-electron chi connectivity index (χ3n) is 2.24. The third-order valence-corrected chi connectivity index (χ3v) is 2.24. The van der Waals surface area contributed by atoms with Crippen LogP contribution in [0.1, 0.15) is 24.0 Å². The Hall–Kier alpha value is -1.38. The van der Waals surface area contributed by atoms with Gasteiger partial charge in [-0.3, -0.25) is 4.79 Å². The van der Waals surface area contributed by atoms with Gasteiger partial charge in [0.05, 0.1) is 13.0 Å². The normalized spacial score (nSPS) is 12.3. The summed E-state index contributed by atoms with van der Waals surface area (Å²) in [6.45, 7) is 3.40. The Morgan fingerprint density at radius 3 is 2.64 bits per heavy atom. The Morgan fingerprint density at radius 1 is 1.50 bits per heavy atom. The summed E-state index contributed by atoms with van der Waals surface area (Å²) < 4.78 is 17.5. The molecular weight excluding hydrogens is 183 g/mol. The highest BCUT2D eigenvalue weighted by atomic mass is 19.1. The lowest BCUT2D eigenvalue weighted by Crippen LogP contribution is -2.10. The van der Waals surface area contributed by atoms with Crippen LogP contribution in [0.3, 0.4) is 0 Å². The number of ether oxygens (including phenoxy) is 1. The van der Waals surface area contributed by atoms with Crippen LogP contribution in [0.25, 0.3) is 0 Å². The summed E-state index contributed by atoms with van der Waals surface area (Å²) in [6, 6.07) is 4.63. The van der Waals surface area contributed by atoms with E-state index in [4.69, 9.17) is 0 Å². The molecule has 1 rings (SSSR count). The number of benzene rings is 1. The van der Waals surface area contributed by atoms with Gasteiger partial charge in [-0.1, -0.05) is 12.1 Å². The van der Waals surface area contributed by atoms with Crippen molar-refractivity contribution in [3.8, 4) is 0 Å². The number of methoxy groups -OCH3 is 1. The fraction of sp³-hybridized carbons (Fsp3) is 0.364. The highest BCUT2D eigenvalue weighted by Crippen LogP contribution is 2.19. The highest BCUT2D eigenvalue weighted by molar-refractivity contribution is 5.77. The van der Waals surface area contributed by atoms with Crippen molar-refractivity contribution in [2.24, 2.45) is 0 Å². The second-order valence-electron chi connectivity index (χ2n) is 3.25. The first-order chi connectivity index (χ1) is 6.56. The molecule has 0 aliphatic heterocycles. The number of halogens is 1. The lowest BCUT2D eigenvalue weighted by molar-refractivity contribution is -0.141. The minimum absolute atomic E-state index is 0.259. The monoisotopic (exact) mass is 196 g/mol. The van der Waals surface area contributed by atoms with E-state index in [2.05, 4.69) is 4.74 Å². The van der Waals surface area contributed by atoms with Gasteiger partial charge in [0.1, 0.15) is 5.82 Å². The van der Waals surface area contributed by atoms with Crippen molar-refractivity contribution >= 4 is 5.97 Å². The van der Waals surface area contributed by atoms with Gasteiger partial charge in [0.25, 0.3) is 0 Å². The first-order valence-electron chi connectivity index (χ1n) is 4.40. The number of rotatable bonds is 2. The van der Waals surface area contributed by atoms with Gasteiger partial charge in [-0.2, -0.15) is 0 Å². The lowest BCUT2D eigenvalue weighted by atomic mass is 9.99. The lowest BCUT2D eigenvalue weighted by Gasteiger charge is -2.10. The van der Waals surface area contributed by atoms with E-state index in [9.17, 15) is 9.18 Å². The molecule has 14 heavy (non-hydrogen) atoms. The van der Waals surface area contributed by atoms with Crippen molar-refractivity contribution in [1.82, 2.24) is 0 Å². The molecule has 0 bridgehead atoms. The summed E-state index contributed by atoms with van der Waals surface area (Å²) in [4.78, 5) is 11.2. The summed E-state index contributed by atoms with van der Waals surface area (Å²) >= 11 is 0. The zero-order valence-corrected chi connectivity index (χ0v) is 8.50. The quantitative estimate of drug-likeness (QED) is 0.679. The predicted molar refractivity (Wildman–Crippen MR) is 51.6 cm³/mol. The van der Waals surface area contributed by atoms with E-state index in [1.54, 1.807) is 26.0 Å². The number of esters is 1. The van der Waals surface area contributed by atoms with E-state index in [1.165, 1.54) is 13.2 Å². The average molecular weight is 196 g/mol. The number of aryl methyl sites for hydroxylation is 1. The third kappa shape index (κ3) is 2.10. The zero-order chi connectivity index (χ0) is 10.7. The molecule has 76 valence electrons. The van der Waals surface area contributed by atoms with E-state index in [0.717, 1.165) is 5.56 Å². The maximum atomic E-state index is 12.9. The molecule has 0 aromatic heterocycles. The molecule has 0 fully saturated rings. The Balaban J connectivity index is 2.96. The maximum Gasteiger partial charge on any atom is 0.312 e. The molecule has 0 radical (unpaired) electrons. The van der Waals surface area contributed by atoms with E-state index in [0.29, 0.717) is 5.56 Å². The number of hydrogen-bond acceptors (Lipinski definition) is 2. The summed E-state index contributed by atoms with van der Waals surface area (Å²) in [7, 11) is 1.34. The van der Waals surface area contributed by atoms with E-state index >= 15 is 0 Å². The molecule has 0 heterocycles. The van der Waals surface area contributed by atoms with Crippen LogP contribution in [0.2, 0.25) is 0 Å². The topological polar surface area (TPSA) is 26.3 Å². The smallest absolute Gasteiger partial charge is 0.312 e. The molecule has 0 N–H and O–H groups in total. The van der Waals surface area contributed by atoms with Crippen molar-refractivity contribution in [2.45, 2.75) is 19.8 Å². The molecule has 0 aliphatic carbocycles. The van der Waals surface area contributed by atoms with Crippen LogP contribution in [0.5, 0.6) is 0 Å². The van der Waals surface area contributed by atoms with E-state index in [1.807, 2.05) is 0 Å². The van der Waals surface area contributed by atoms with Crippen LogP contribution in [0.15, 0.2) is 18.2 Å². The Morgan fingerprint density at radius 2 is 2.14 bits per heavy atom. The summed E-state index contributed by atoms with van der Waals surface area (Å²) in [6.07, 6.45) is 0. The van der Waals surface area contributed by atoms with Gasteiger partial charge in [0, 0.05) is 0 Å². The van der Waals surface area contributed by atoms with Crippen LogP contribution in [-0.2, 0) is 9.53 Å². The van der Waals surface area contributed by atoms with Gasteiger partial charge < -0.3 is 4.74 Å². The predicted octanol–water partition coefficient (Wildman–Crippen LogP) is 2.41. The molecule has 0 saturated carbocycles. The summed E-state index contributed by atoms with van der Waals surface area (Å²) in [5.41, 5.74) is 1.31. The molecular formula is C11H13FO2. The fourth-order valence-corrected chi connectivity index (χ4v) is 1.25. The van der Waals surface area contributed by atoms with Gasteiger partial charge in [0.2, 0.25) is 0 Å². The van der Waals surface area contributed by atoms with Gasteiger partial charge in [-0.05, 0) is 31.0 Å². The van der Waals surface area contributed by atoms with E-state index in [-0.39, 0.29) is 17.7 Å². The van der Waals surface area contributed by atoms with Crippen molar-refractivity contribution in [3.63, 3.8) is 0 Å². The highest BCUT2D eigenvalue weighted by Gasteiger charge is 2.15. The van der Waals surface area contributed by atoms with Gasteiger partial charge in [-0.15, -0.1) is 0 Å². The molecule has 3 heteroatoms. The molecule has 0 aliphatic rings. The second kappa shape index (κ2) is 4.22. The van der Waals surface area contributed by atoms with Crippen LogP contribution in [0.4, 0.5) is 4.39 Å². The molecule has 1 aromatic carbocycles. The van der Waals surface area contributed by atoms with Gasteiger partial charge >= 0.3 is 5.97 Å². The minimum atomic E-state index is -0.348. The van der Waals surface area contributed by atoms with Gasteiger partial charge in [0.15, 0.2) is 0 Å². The largest absolute Gasteiger partial charge is 0.469 e. The number of carbonyl (C=O) groups excluding carboxylic acids is 1. The van der Waals surface area contributed by atoms with Crippen LogP contribution in [-0.4, -0.2) is 13.1 Å². The Bertz CT molecular complexity index is 347. The van der Waals surface area contributed by atoms with Gasteiger partial charge in [-0.25, -0.2) is 4.39 Å². The van der Waals surface area contributed by atoms with Crippen molar-refractivity contribution in [2.75, 3.05) is 7.11 Å². The van der Waals surface area contributed by atoms with Crippen LogP contribution >= 0.6 is 0 Å². The molecule has 0 amide bonds. The molecule has 1 atom stereocenters. The molecule has 0 saturated heterocycles. The molecule has 1 aromatic rings. The van der Waals surface area contributed by atoms with Crippen molar-refractivity contribution < 1.29 is 13.9 Å². The standard InChI is InChI=1S/C11H13FO2/c1-7-6-9(4-5-10(7)12)8(2)11(13)14-3/h4-6,8H,1-3H3. The van der Waals surface area contributed by atoms with Crippen molar-refractivity contribution in [1.29, 1.82) is 0 Å². The maximum absolute atomic E-state index is 12.9. The first-order valence-corrected chi connectivity index (χ1v) is 4.40. The van der Waals surface area contributed by atoms with Crippen molar-refractivity contribution in [3.05, 3.63) is 35.1 Å². The number of hydrogen-bond donors (Lipinski definition) is 0. The molecule has 0 spiro atoms. The van der Waals surface area contributed by atoms with Crippen LogP contribution in [0, 0.1) is 12.7 Å². The SMILES string of the molecule is COC(=O)C(C)c1ccc(F)c(C)c1. The zero-order valence-electron chi connectivity index (χ0n) is 8.50. The summed E-state index contributed by atoms with van der Waals surface area (Å²) in [5.74, 6) is -0.916. The Labute approximate surface area is 82.7 Å². The summed E-state index contributed by atoms with van der Waals surface area (Å²) in [5, 5.41) is 0. The molecule has 2 nitrogen and oxygen atoms in total. The molecule has 1 unspecified atom stereocenters. The first kappa shape index (κ1) is 10.7. The minimum Gasteiger partial charge on any atom is -0.469 e. The van der Waals surface area contributed by atoms with Crippen LogP contribution < -0.4 is 0 Å². The second-order valence-corrected chi connectivity index (χ2v) is 3.25. The van der Waals surface area contributed by atoms with E-state index < -0.39 is 0 Å². The Kier molecular flexibility index (Phi) is 3.23.